The van der Waals surface area contributed by atoms with E-state index in [-0.39, 0.29) is 20.0 Å². The van der Waals surface area contributed by atoms with Crippen molar-refractivity contribution in [1.29, 1.82) is 0 Å². The van der Waals surface area contributed by atoms with Gasteiger partial charge in [0.05, 0.1) is 6.61 Å². The molecule has 0 radical (unpaired) electrons. The van der Waals surface area contributed by atoms with Crippen LogP contribution in [0.1, 0.15) is 61.8 Å². The van der Waals surface area contributed by atoms with Gasteiger partial charge in [0.15, 0.2) is 6.79 Å². The molecular formula is C27H36O6. The van der Waals surface area contributed by atoms with Gasteiger partial charge in [0.1, 0.15) is 12.5 Å². The van der Waals surface area contributed by atoms with Gasteiger partial charge in [0.2, 0.25) is 0 Å². The summed E-state index contributed by atoms with van der Waals surface area (Å²) in [6.07, 6.45) is 7.98. The lowest BCUT2D eigenvalue weighted by Crippen LogP contribution is -2.04. The molecule has 2 aromatic carbocycles. The van der Waals surface area contributed by atoms with Crippen molar-refractivity contribution in [2.24, 2.45) is 0 Å². The molecule has 0 saturated carbocycles. The van der Waals surface area contributed by atoms with E-state index in [4.69, 9.17) is 24.1 Å². The Morgan fingerprint density at radius 2 is 1.61 bits per heavy atom. The van der Waals surface area contributed by atoms with Gasteiger partial charge in [-0.1, -0.05) is 42.8 Å². The van der Waals surface area contributed by atoms with Crippen molar-refractivity contribution in [2.45, 2.75) is 52.6 Å². The summed E-state index contributed by atoms with van der Waals surface area (Å²) in [7, 11) is 0. The highest BCUT2D eigenvalue weighted by Crippen LogP contribution is 2.21. The van der Waals surface area contributed by atoms with Crippen molar-refractivity contribution in [1.82, 2.24) is 0 Å². The summed E-state index contributed by atoms with van der Waals surface area (Å²) < 4.78 is 21.9. The molecule has 0 fully saturated rings. The zero-order valence-electron chi connectivity index (χ0n) is 19.8. The van der Waals surface area contributed by atoms with E-state index in [2.05, 4.69) is 42.5 Å². The van der Waals surface area contributed by atoms with Gasteiger partial charge in [0, 0.05) is 19.6 Å². The van der Waals surface area contributed by atoms with Crippen molar-refractivity contribution < 1.29 is 28.8 Å². The van der Waals surface area contributed by atoms with Crippen LogP contribution in [0.5, 0.6) is 5.75 Å². The molecule has 1 N–H and O–H groups in total. The topological polar surface area (TPSA) is 74.2 Å². The van der Waals surface area contributed by atoms with Gasteiger partial charge in [-0.15, -0.1) is 0 Å². The quantitative estimate of drug-likeness (QED) is 0.181. The van der Waals surface area contributed by atoms with Crippen molar-refractivity contribution in [3.8, 4) is 5.75 Å². The van der Waals surface area contributed by atoms with Crippen LogP contribution in [-0.4, -0.2) is 37.9 Å². The van der Waals surface area contributed by atoms with Gasteiger partial charge in [-0.25, -0.2) is 0 Å². The minimum absolute atomic E-state index is 0.206. The fraction of sp³-hybridized carbons (Fsp3) is 0.444. The van der Waals surface area contributed by atoms with Gasteiger partial charge in [-0.3, -0.25) is 4.79 Å². The van der Waals surface area contributed by atoms with Crippen molar-refractivity contribution in [3.05, 3.63) is 64.7 Å². The first kappa shape index (κ1) is 26.6. The molecule has 2 rings (SSSR count). The van der Waals surface area contributed by atoms with Crippen LogP contribution in [0.4, 0.5) is 0 Å². The molecule has 33 heavy (non-hydrogen) atoms. The maximum absolute atomic E-state index is 10.6. The number of hydrogen-bond donors (Lipinski definition) is 1. The zero-order chi connectivity index (χ0) is 23.7. The zero-order valence-corrected chi connectivity index (χ0v) is 19.8. The van der Waals surface area contributed by atoms with Crippen LogP contribution in [0.25, 0.3) is 12.2 Å². The molecule has 0 saturated heterocycles. The van der Waals surface area contributed by atoms with Crippen molar-refractivity contribution in [3.63, 3.8) is 0 Å². The second-order valence-corrected chi connectivity index (χ2v) is 7.66. The summed E-state index contributed by atoms with van der Waals surface area (Å²) >= 11 is 0. The van der Waals surface area contributed by atoms with Crippen LogP contribution in [-0.2, 0) is 32.0 Å². The number of benzene rings is 2. The van der Waals surface area contributed by atoms with E-state index >= 15 is 0 Å². The summed E-state index contributed by atoms with van der Waals surface area (Å²) in [6, 6.07) is 14.4. The number of unbranched alkanes of at least 4 members (excludes halogenated alkanes) is 2. The lowest BCUT2D eigenvalue weighted by molar-refractivity contribution is -0.137. The number of carboxylic acid groups (broad SMARTS) is 1. The molecule has 6 heteroatoms. The largest absolute Gasteiger partial charge is 0.481 e. The third-order valence-corrected chi connectivity index (χ3v) is 4.92. The molecule has 0 atom stereocenters. The van der Waals surface area contributed by atoms with Crippen LogP contribution in [0.2, 0.25) is 0 Å². The number of aliphatic carboxylic acids is 1. The number of ether oxygens (including phenoxy) is 4. The highest BCUT2D eigenvalue weighted by atomic mass is 16.7. The number of aryl methyl sites for hydroxylation is 1. The van der Waals surface area contributed by atoms with E-state index in [9.17, 15) is 4.79 Å². The molecule has 0 spiro atoms. The SMILES string of the molecule is CCOCOCc1cc(C=Cc2cccc(CCCCCC(=O)O)c2)cc(OCOCC)c1. The number of hydrogen-bond acceptors (Lipinski definition) is 5. The fourth-order valence-electron chi connectivity index (χ4n) is 3.27. The predicted octanol–water partition coefficient (Wildman–Crippen LogP) is 5.93. The normalized spacial score (nSPS) is 11.2. The molecule has 2 aromatic rings. The number of carboxylic acids is 1. The Bertz CT molecular complexity index is 861. The second-order valence-electron chi connectivity index (χ2n) is 7.66. The summed E-state index contributed by atoms with van der Waals surface area (Å²) in [6.45, 7) is 5.98. The Kier molecular flexibility index (Phi) is 12.9. The van der Waals surface area contributed by atoms with E-state index < -0.39 is 5.97 Å². The molecule has 0 amide bonds. The lowest BCUT2D eigenvalue weighted by atomic mass is 10.0. The summed E-state index contributed by atoms with van der Waals surface area (Å²) in [5.41, 5.74) is 4.38. The molecule has 0 aliphatic carbocycles. The molecule has 6 nitrogen and oxygen atoms in total. The van der Waals surface area contributed by atoms with Crippen LogP contribution < -0.4 is 4.74 Å². The first-order valence-electron chi connectivity index (χ1n) is 11.6. The first-order valence-corrected chi connectivity index (χ1v) is 11.6. The number of carbonyl (C=O) groups is 1. The van der Waals surface area contributed by atoms with Gasteiger partial charge < -0.3 is 24.1 Å². The predicted molar refractivity (Wildman–Crippen MR) is 130 cm³/mol. The Labute approximate surface area is 197 Å². The molecule has 180 valence electrons. The average molecular weight is 457 g/mol. The van der Waals surface area contributed by atoms with Crippen LogP contribution in [0.3, 0.4) is 0 Å². The Morgan fingerprint density at radius 1 is 0.848 bits per heavy atom. The van der Waals surface area contributed by atoms with Gasteiger partial charge in [-0.05, 0) is 73.6 Å². The molecule has 0 heterocycles. The standard InChI is InChI=1S/C27H36O6/c1-3-30-20-32-19-25-16-24(17-26(18-25)33-21-31-4-2)14-13-23-11-8-10-22(15-23)9-6-5-7-12-27(28)29/h8,10-11,13-18H,3-7,9,12,19-21H2,1-2H3,(H,28,29). The van der Waals surface area contributed by atoms with E-state index in [1.165, 1.54) is 5.56 Å². The van der Waals surface area contributed by atoms with Gasteiger partial charge in [0.25, 0.3) is 0 Å². The minimum atomic E-state index is -0.724. The monoisotopic (exact) mass is 456 g/mol. The fourth-order valence-corrected chi connectivity index (χ4v) is 3.27. The lowest BCUT2D eigenvalue weighted by Gasteiger charge is -2.10. The van der Waals surface area contributed by atoms with Gasteiger partial charge >= 0.3 is 5.97 Å². The molecule has 0 unspecified atom stereocenters. The van der Waals surface area contributed by atoms with E-state index in [0.29, 0.717) is 19.8 Å². The summed E-state index contributed by atoms with van der Waals surface area (Å²) in [5, 5.41) is 8.74. The maximum Gasteiger partial charge on any atom is 0.303 e. The highest BCUT2D eigenvalue weighted by molar-refractivity contribution is 5.71. The van der Waals surface area contributed by atoms with Gasteiger partial charge in [-0.2, -0.15) is 0 Å². The van der Waals surface area contributed by atoms with Crippen LogP contribution >= 0.6 is 0 Å². The highest BCUT2D eigenvalue weighted by Gasteiger charge is 2.03. The van der Waals surface area contributed by atoms with E-state index in [1.54, 1.807) is 0 Å². The summed E-state index contributed by atoms with van der Waals surface area (Å²) in [5.74, 6) is 0.00854. The van der Waals surface area contributed by atoms with Crippen molar-refractivity contribution in [2.75, 3.05) is 26.8 Å². The maximum atomic E-state index is 10.6. The Morgan fingerprint density at radius 3 is 2.39 bits per heavy atom. The number of rotatable bonds is 17. The van der Waals surface area contributed by atoms with Crippen LogP contribution in [0.15, 0.2) is 42.5 Å². The molecule has 0 aromatic heterocycles. The molecular weight excluding hydrogens is 420 g/mol. The van der Waals surface area contributed by atoms with Crippen molar-refractivity contribution >= 4 is 18.1 Å². The second kappa shape index (κ2) is 16.0. The summed E-state index contributed by atoms with van der Waals surface area (Å²) in [4.78, 5) is 10.6. The molecule has 0 aliphatic heterocycles. The third-order valence-electron chi connectivity index (χ3n) is 4.92. The first-order chi connectivity index (χ1) is 16.1. The van der Waals surface area contributed by atoms with Crippen LogP contribution in [0, 0.1) is 0 Å². The molecule has 0 aliphatic rings. The average Bonchev–Trinajstić information content (AvgIpc) is 2.81. The minimum Gasteiger partial charge on any atom is -0.481 e. The van der Waals surface area contributed by atoms with E-state index in [1.807, 2.05) is 26.0 Å². The molecule has 0 bridgehead atoms. The third kappa shape index (κ3) is 11.7. The smallest absolute Gasteiger partial charge is 0.303 e. The Balaban J connectivity index is 2.01. The Hall–Kier alpha value is -2.67. The van der Waals surface area contributed by atoms with E-state index in [0.717, 1.165) is 48.1 Å².